The van der Waals surface area contributed by atoms with Crippen LogP contribution in [0.5, 0.6) is 34.5 Å². The minimum atomic E-state index is -2.40. The lowest BCUT2D eigenvalue weighted by Crippen LogP contribution is -2.61. The minimum Gasteiger partial charge on any atom is -0.504 e. The zero-order valence-electron chi connectivity index (χ0n) is 23.4. The number of carbonyl (C=O) groups is 5. The Morgan fingerprint density at radius 2 is 1.43 bits per heavy atom. The molecule has 0 amide bonds. The number of ether oxygens (including phenoxy) is 4. The Morgan fingerprint density at radius 3 is 1.98 bits per heavy atom. The number of aliphatic hydroxyl groups excluding tert-OH is 3. The second-order valence-corrected chi connectivity index (χ2v) is 10.3. The highest BCUT2D eigenvalue weighted by Crippen LogP contribution is 2.50. The third-order valence-electron chi connectivity index (χ3n) is 7.38. The number of benzene rings is 2. The largest absolute Gasteiger partial charge is 0.504 e. The summed E-state index contributed by atoms with van der Waals surface area (Å²) in [6.07, 6.45) is -14.3. The van der Waals surface area contributed by atoms with Gasteiger partial charge in [-0.25, -0.2) is 14.4 Å². The molecule has 8 atom stereocenters. The third-order valence-corrected chi connectivity index (χ3v) is 7.38. The van der Waals surface area contributed by atoms with Crippen molar-refractivity contribution in [2.45, 2.75) is 49.1 Å². The average Bonchev–Trinajstić information content (AvgIpc) is 3.00. The van der Waals surface area contributed by atoms with E-state index in [1.807, 2.05) is 0 Å². The number of fused-ring (bicyclic) bond motifs is 1. The Kier molecular flexibility index (Phi) is 9.52. The molecule has 2 aliphatic heterocycles. The van der Waals surface area contributed by atoms with Crippen molar-refractivity contribution in [1.29, 1.82) is 0 Å². The number of cyclic esters (lactones) is 1. The van der Waals surface area contributed by atoms with Crippen molar-refractivity contribution in [2.75, 3.05) is 6.61 Å². The van der Waals surface area contributed by atoms with Crippen LogP contribution in [-0.4, -0.2) is 129 Å². The summed E-state index contributed by atoms with van der Waals surface area (Å²) in [6.45, 7) is -1.06. The lowest BCUT2D eigenvalue weighted by Gasteiger charge is -2.42. The first-order valence-corrected chi connectivity index (χ1v) is 13.2. The zero-order valence-corrected chi connectivity index (χ0v) is 23.4. The molecule has 2 aromatic rings. The van der Waals surface area contributed by atoms with Crippen LogP contribution in [0.4, 0.5) is 0 Å². The molecule has 20 nitrogen and oxygen atoms in total. The van der Waals surface area contributed by atoms with Gasteiger partial charge >= 0.3 is 29.8 Å². The van der Waals surface area contributed by atoms with Gasteiger partial charge in [-0.05, 0) is 18.2 Å². The number of esters is 3. The lowest BCUT2D eigenvalue weighted by molar-refractivity contribution is -0.289. The number of aliphatic hydroxyl groups is 3. The van der Waals surface area contributed by atoms with Gasteiger partial charge in [-0.1, -0.05) is 0 Å². The third kappa shape index (κ3) is 6.42. The SMILES string of the molecule is O=C(O)CC(C(=O)OC1C(O)C(CO)OC(OC(=O)c2cc(O)c(O)c(O)c2)C1O)C1c2c(cc(O)c(O)c2O)C(=O)OC1C(=O)O. The van der Waals surface area contributed by atoms with E-state index in [4.69, 9.17) is 18.9 Å². The Morgan fingerprint density at radius 1 is 0.830 bits per heavy atom. The van der Waals surface area contributed by atoms with E-state index in [1.165, 1.54) is 0 Å². The van der Waals surface area contributed by atoms with Gasteiger partial charge in [-0.3, -0.25) is 9.59 Å². The lowest BCUT2D eigenvalue weighted by atomic mass is 9.76. The summed E-state index contributed by atoms with van der Waals surface area (Å²) in [5.41, 5.74) is -2.18. The molecule has 0 saturated carbocycles. The highest BCUT2D eigenvalue weighted by atomic mass is 16.7. The van der Waals surface area contributed by atoms with Crippen molar-refractivity contribution in [2.24, 2.45) is 5.92 Å². The van der Waals surface area contributed by atoms with Crippen LogP contribution in [0.2, 0.25) is 0 Å². The van der Waals surface area contributed by atoms with Crippen LogP contribution in [0.25, 0.3) is 0 Å². The maximum atomic E-state index is 13.6. The number of aliphatic carboxylic acids is 2. The average molecular weight is 670 g/mol. The number of hydrogen-bond donors (Lipinski definition) is 11. The van der Waals surface area contributed by atoms with Crippen LogP contribution in [0.15, 0.2) is 18.2 Å². The number of carboxylic acids is 2. The van der Waals surface area contributed by atoms with Gasteiger partial charge in [0, 0.05) is 5.56 Å². The van der Waals surface area contributed by atoms with E-state index in [-0.39, 0.29) is 0 Å². The predicted octanol–water partition coefficient (Wildman–Crippen LogP) is -2.07. The van der Waals surface area contributed by atoms with E-state index >= 15 is 0 Å². The van der Waals surface area contributed by atoms with E-state index in [2.05, 4.69) is 0 Å². The number of aromatic hydroxyl groups is 6. The normalized spacial score (nSPS) is 25.9. The molecule has 20 heteroatoms. The standard InChI is InChI=1S/C27H26O20/c28-5-12-18(36)22(20(38)27(44-12)47-24(41)6-1-9(29)16(34)10(30)2-6)46-26(43)8(4-13(32)33)15-14-7(3-11(31)17(35)19(14)37)25(42)45-21(15)23(39)40/h1-3,8,12,15,18,20-22,27-31,34-38H,4-5H2,(H,32,33)(H,39,40). The van der Waals surface area contributed by atoms with Gasteiger partial charge in [-0.15, -0.1) is 0 Å². The van der Waals surface area contributed by atoms with Gasteiger partial charge in [0.25, 0.3) is 0 Å². The highest BCUT2D eigenvalue weighted by molar-refractivity contribution is 5.98. The number of rotatable bonds is 9. The van der Waals surface area contributed by atoms with E-state index in [9.17, 15) is 80.1 Å². The summed E-state index contributed by atoms with van der Waals surface area (Å²) < 4.78 is 20.2. The molecule has 8 unspecified atom stereocenters. The van der Waals surface area contributed by atoms with Crippen LogP contribution in [0, 0.1) is 5.92 Å². The Bertz CT molecular complexity index is 1590. The van der Waals surface area contributed by atoms with Crippen molar-refractivity contribution < 1.29 is 99.1 Å². The summed E-state index contributed by atoms with van der Waals surface area (Å²) >= 11 is 0. The molecule has 1 fully saturated rings. The van der Waals surface area contributed by atoms with E-state index in [0.29, 0.717) is 18.2 Å². The molecule has 0 spiro atoms. The molecule has 2 aromatic carbocycles. The topological polar surface area (TPSA) is 345 Å². The van der Waals surface area contributed by atoms with Gasteiger partial charge in [0.15, 0.2) is 41.0 Å². The van der Waals surface area contributed by atoms with Gasteiger partial charge in [-0.2, -0.15) is 0 Å². The Labute approximate surface area is 260 Å². The van der Waals surface area contributed by atoms with E-state index in [0.717, 1.165) is 0 Å². The second-order valence-electron chi connectivity index (χ2n) is 10.3. The fourth-order valence-corrected chi connectivity index (χ4v) is 5.14. The van der Waals surface area contributed by atoms with Gasteiger partial charge in [0.1, 0.15) is 12.2 Å². The van der Waals surface area contributed by atoms with Crippen molar-refractivity contribution in [3.8, 4) is 34.5 Å². The van der Waals surface area contributed by atoms with Crippen LogP contribution >= 0.6 is 0 Å². The van der Waals surface area contributed by atoms with Crippen LogP contribution < -0.4 is 0 Å². The van der Waals surface area contributed by atoms with Crippen molar-refractivity contribution >= 4 is 29.8 Å². The second kappa shape index (κ2) is 13.0. The zero-order chi connectivity index (χ0) is 35.1. The van der Waals surface area contributed by atoms with Gasteiger partial charge < -0.3 is 75.1 Å². The summed E-state index contributed by atoms with van der Waals surface area (Å²) in [4.78, 5) is 62.7. The highest BCUT2D eigenvalue weighted by Gasteiger charge is 2.53. The van der Waals surface area contributed by atoms with Crippen LogP contribution in [0.1, 0.15) is 38.6 Å². The summed E-state index contributed by atoms with van der Waals surface area (Å²) in [5.74, 6) is -19.2. The van der Waals surface area contributed by atoms with Crippen LogP contribution in [-0.2, 0) is 33.3 Å². The predicted molar refractivity (Wildman–Crippen MR) is 141 cm³/mol. The molecule has 0 aromatic heterocycles. The van der Waals surface area contributed by atoms with E-state index < -0.39 is 143 Å². The summed E-state index contributed by atoms with van der Waals surface area (Å²) in [7, 11) is 0. The number of phenolic OH excluding ortho intramolecular Hbond substituents is 6. The monoisotopic (exact) mass is 670 g/mol. The molecule has 2 aliphatic rings. The smallest absolute Gasteiger partial charge is 0.345 e. The van der Waals surface area contributed by atoms with Crippen molar-refractivity contribution in [3.05, 3.63) is 34.9 Å². The van der Waals surface area contributed by atoms with Crippen molar-refractivity contribution in [1.82, 2.24) is 0 Å². The number of carbonyl (C=O) groups excluding carboxylic acids is 3. The van der Waals surface area contributed by atoms with Gasteiger partial charge in [0.2, 0.25) is 18.1 Å². The number of phenols is 6. The minimum absolute atomic E-state index is 0.561. The molecule has 2 heterocycles. The first-order valence-electron chi connectivity index (χ1n) is 13.2. The molecule has 0 radical (unpaired) electrons. The number of hydrogen-bond acceptors (Lipinski definition) is 18. The maximum absolute atomic E-state index is 13.6. The number of carboxylic acid groups (broad SMARTS) is 2. The first-order chi connectivity index (χ1) is 22.0. The fourth-order valence-electron chi connectivity index (χ4n) is 5.14. The quantitative estimate of drug-likeness (QED) is 0.0774. The van der Waals surface area contributed by atoms with E-state index in [1.54, 1.807) is 0 Å². The molecule has 11 N–H and O–H groups in total. The summed E-state index contributed by atoms with van der Waals surface area (Å²) in [6, 6.07) is 1.87. The maximum Gasteiger partial charge on any atom is 0.345 e. The first kappa shape index (κ1) is 34.3. The molecule has 254 valence electrons. The van der Waals surface area contributed by atoms with Crippen molar-refractivity contribution in [3.63, 3.8) is 0 Å². The molecule has 1 saturated heterocycles. The Balaban J connectivity index is 1.70. The molecular weight excluding hydrogens is 644 g/mol. The molecule has 0 bridgehead atoms. The Hall–Kier alpha value is -5.57. The molecule has 47 heavy (non-hydrogen) atoms. The van der Waals surface area contributed by atoms with Gasteiger partial charge in [0.05, 0.1) is 36.0 Å². The fraction of sp³-hybridized carbons (Fsp3) is 0.370. The summed E-state index contributed by atoms with van der Waals surface area (Å²) in [5, 5.41) is 110. The van der Waals surface area contributed by atoms with Crippen LogP contribution in [0.3, 0.4) is 0 Å². The molecular formula is C27H26O20. The molecule has 0 aliphatic carbocycles. The molecule has 4 rings (SSSR count).